The van der Waals surface area contributed by atoms with Gasteiger partial charge in [-0.15, -0.1) is 0 Å². The second-order valence-corrected chi connectivity index (χ2v) is 5.76. The van der Waals surface area contributed by atoms with Crippen molar-refractivity contribution in [2.24, 2.45) is 0 Å². The summed E-state index contributed by atoms with van der Waals surface area (Å²) in [4.78, 5) is 11.9. The lowest BCUT2D eigenvalue weighted by molar-refractivity contribution is -0.121. The Morgan fingerprint density at radius 2 is 1.91 bits per heavy atom. The number of rotatable bonds is 6. The number of carbonyl (C=O) groups is 1. The number of halogens is 1. The van der Waals surface area contributed by atoms with E-state index in [0.717, 1.165) is 21.8 Å². The van der Waals surface area contributed by atoms with E-state index in [1.807, 2.05) is 50.2 Å². The van der Waals surface area contributed by atoms with E-state index in [-0.39, 0.29) is 5.91 Å². The molecule has 22 heavy (non-hydrogen) atoms. The zero-order valence-electron chi connectivity index (χ0n) is 12.9. The first-order valence-electron chi connectivity index (χ1n) is 7.37. The maximum atomic E-state index is 11.9. The fourth-order valence-corrected chi connectivity index (χ4v) is 2.40. The Bertz CT molecular complexity index is 655. The minimum absolute atomic E-state index is 0.0358. The van der Waals surface area contributed by atoms with Gasteiger partial charge in [-0.2, -0.15) is 0 Å². The first-order chi connectivity index (χ1) is 10.6. The van der Waals surface area contributed by atoms with Crippen LogP contribution in [-0.2, 0) is 11.3 Å². The van der Waals surface area contributed by atoms with E-state index >= 15 is 0 Å². The van der Waals surface area contributed by atoms with E-state index < -0.39 is 0 Å². The summed E-state index contributed by atoms with van der Waals surface area (Å²) in [7, 11) is 0. The second-order valence-electron chi connectivity index (χ2n) is 5.35. The summed E-state index contributed by atoms with van der Waals surface area (Å²) in [6.45, 7) is 5.16. The minimum Gasteiger partial charge on any atom is -0.384 e. The van der Waals surface area contributed by atoms with Gasteiger partial charge in [-0.3, -0.25) is 4.79 Å². The third kappa shape index (κ3) is 4.78. The third-order valence-electron chi connectivity index (χ3n) is 3.51. The topological polar surface area (TPSA) is 41.1 Å². The van der Waals surface area contributed by atoms with Crippen LogP contribution in [0.4, 0.5) is 5.69 Å². The average Bonchev–Trinajstić information content (AvgIpc) is 2.49. The number of aryl methyl sites for hydroxylation is 1. The molecule has 2 N–H and O–H groups in total. The van der Waals surface area contributed by atoms with E-state index in [4.69, 9.17) is 11.6 Å². The molecule has 0 aliphatic carbocycles. The van der Waals surface area contributed by atoms with E-state index in [2.05, 4.69) is 16.7 Å². The zero-order valence-corrected chi connectivity index (χ0v) is 13.7. The second kappa shape index (κ2) is 7.85. The summed E-state index contributed by atoms with van der Waals surface area (Å²) >= 11 is 6.07. The van der Waals surface area contributed by atoms with Crippen molar-refractivity contribution in [2.45, 2.75) is 26.8 Å². The van der Waals surface area contributed by atoms with Gasteiger partial charge in [0.15, 0.2) is 0 Å². The molecule has 2 rings (SSSR count). The molecule has 0 saturated heterocycles. The largest absolute Gasteiger partial charge is 0.384 e. The van der Waals surface area contributed by atoms with Crippen LogP contribution >= 0.6 is 11.6 Å². The Morgan fingerprint density at radius 1 is 1.14 bits per heavy atom. The van der Waals surface area contributed by atoms with Crippen molar-refractivity contribution in [3.05, 3.63) is 64.2 Å². The number of anilines is 1. The summed E-state index contributed by atoms with van der Waals surface area (Å²) in [5.74, 6) is 0.0358. The molecule has 0 heterocycles. The first-order valence-corrected chi connectivity index (χ1v) is 7.75. The van der Waals surface area contributed by atoms with Gasteiger partial charge in [0.2, 0.25) is 5.91 Å². The monoisotopic (exact) mass is 316 g/mol. The van der Waals surface area contributed by atoms with Crippen LogP contribution in [0.3, 0.4) is 0 Å². The van der Waals surface area contributed by atoms with Crippen molar-refractivity contribution in [1.82, 2.24) is 5.32 Å². The van der Waals surface area contributed by atoms with E-state index in [9.17, 15) is 4.79 Å². The molecule has 2 aromatic rings. The average molecular weight is 317 g/mol. The predicted octanol–water partition coefficient (Wildman–Crippen LogP) is 4.08. The van der Waals surface area contributed by atoms with Gasteiger partial charge in [0.1, 0.15) is 0 Å². The van der Waals surface area contributed by atoms with Gasteiger partial charge in [-0.1, -0.05) is 47.5 Å². The fraction of sp³-hybridized carbons (Fsp3) is 0.278. The van der Waals surface area contributed by atoms with Gasteiger partial charge < -0.3 is 10.6 Å². The molecule has 2 aromatic carbocycles. The van der Waals surface area contributed by atoms with Crippen molar-refractivity contribution in [3.8, 4) is 0 Å². The highest BCUT2D eigenvalue weighted by Crippen LogP contribution is 2.22. The molecule has 3 nitrogen and oxygen atoms in total. The van der Waals surface area contributed by atoms with Crippen LogP contribution < -0.4 is 10.6 Å². The highest BCUT2D eigenvalue weighted by molar-refractivity contribution is 6.31. The summed E-state index contributed by atoms with van der Waals surface area (Å²) in [5.41, 5.74) is 4.29. The van der Waals surface area contributed by atoms with Crippen LogP contribution in [0.1, 0.15) is 23.1 Å². The molecule has 0 aliphatic heterocycles. The van der Waals surface area contributed by atoms with Gasteiger partial charge in [0.05, 0.1) is 0 Å². The Labute approximate surface area is 136 Å². The molecule has 0 spiro atoms. The SMILES string of the molecule is Cc1cccc(CNC(=O)CCNc2cccc(Cl)c2C)c1. The molecular weight excluding hydrogens is 296 g/mol. The quantitative estimate of drug-likeness (QED) is 0.843. The molecule has 4 heteroatoms. The lowest BCUT2D eigenvalue weighted by atomic mass is 10.1. The minimum atomic E-state index is 0.0358. The normalized spacial score (nSPS) is 10.3. The van der Waals surface area contributed by atoms with Gasteiger partial charge in [-0.05, 0) is 37.1 Å². The molecule has 0 aliphatic rings. The van der Waals surface area contributed by atoms with Crippen molar-refractivity contribution in [3.63, 3.8) is 0 Å². The lowest BCUT2D eigenvalue weighted by Gasteiger charge is -2.11. The molecule has 0 radical (unpaired) electrons. The van der Waals surface area contributed by atoms with Crippen molar-refractivity contribution >= 4 is 23.2 Å². The molecule has 0 unspecified atom stereocenters. The summed E-state index contributed by atoms with van der Waals surface area (Å²) in [6, 6.07) is 13.9. The zero-order chi connectivity index (χ0) is 15.9. The molecule has 0 aromatic heterocycles. The smallest absolute Gasteiger partial charge is 0.222 e. The van der Waals surface area contributed by atoms with E-state index in [1.165, 1.54) is 5.56 Å². The number of carbonyl (C=O) groups excluding carboxylic acids is 1. The molecule has 0 saturated carbocycles. The summed E-state index contributed by atoms with van der Waals surface area (Å²) in [5, 5.41) is 6.91. The fourth-order valence-electron chi connectivity index (χ4n) is 2.22. The molecule has 116 valence electrons. The van der Waals surface area contributed by atoms with Gasteiger partial charge in [-0.25, -0.2) is 0 Å². The number of nitrogens with one attached hydrogen (secondary N) is 2. The summed E-state index contributed by atoms with van der Waals surface area (Å²) in [6.07, 6.45) is 0.428. The van der Waals surface area contributed by atoms with Crippen LogP contribution in [0.2, 0.25) is 5.02 Å². The molecular formula is C18H21ClN2O. The van der Waals surface area contributed by atoms with Crippen molar-refractivity contribution < 1.29 is 4.79 Å². The van der Waals surface area contributed by atoms with Gasteiger partial charge >= 0.3 is 0 Å². The predicted molar refractivity (Wildman–Crippen MR) is 92.3 cm³/mol. The van der Waals surface area contributed by atoms with Crippen LogP contribution in [-0.4, -0.2) is 12.5 Å². The Hall–Kier alpha value is -2.00. The standard InChI is InChI=1S/C18H21ClN2O/c1-13-5-3-6-15(11-13)12-21-18(22)9-10-20-17-8-4-7-16(19)14(17)2/h3-8,11,20H,9-10,12H2,1-2H3,(H,21,22). The lowest BCUT2D eigenvalue weighted by Crippen LogP contribution is -2.25. The van der Waals surface area contributed by atoms with Crippen LogP contribution in [0.5, 0.6) is 0 Å². The highest BCUT2D eigenvalue weighted by atomic mass is 35.5. The Kier molecular flexibility index (Phi) is 5.84. The van der Waals surface area contributed by atoms with Crippen LogP contribution in [0, 0.1) is 13.8 Å². The number of benzene rings is 2. The molecule has 0 fully saturated rings. The number of hydrogen-bond donors (Lipinski definition) is 2. The maximum absolute atomic E-state index is 11.9. The Balaban J connectivity index is 1.75. The molecule has 0 bridgehead atoms. The molecule has 1 amide bonds. The number of amides is 1. The summed E-state index contributed by atoms with van der Waals surface area (Å²) < 4.78 is 0. The van der Waals surface area contributed by atoms with Crippen molar-refractivity contribution in [2.75, 3.05) is 11.9 Å². The van der Waals surface area contributed by atoms with Gasteiger partial charge in [0.25, 0.3) is 0 Å². The van der Waals surface area contributed by atoms with Crippen LogP contribution in [0.25, 0.3) is 0 Å². The molecule has 0 atom stereocenters. The van der Waals surface area contributed by atoms with Gasteiger partial charge in [0, 0.05) is 30.2 Å². The third-order valence-corrected chi connectivity index (χ3v) is 3.92. The maximum Gasteiger partial charge on any atom is 0.222 e. The first kappa shape index (κ1) is 16.4. The Morgan fingerprint density at radius 3 is 2.68 bits per heavy atom. The van der Waals surface area contributed by atoms with Crippen LogP contribution in [0.15, 0.2) is 42.5 Å². The van der Waals surface area contributed by atoms with E-state index in [0.29, 0.717) is 19.5 Å². The number of hydrogen-bond acceptors (Lipinski definition) is 2. The van der Waals surface area contributed by atoms with E-state index in [1.54, 1.807) is 0 Å². The highest BCUT2D eigenvalue weighted by Gasteiger charge is 2.04. The van der Waals surface area contributed by atoms with Crippen molar-refractivity contribution in [1.29, 1.82) is 0 Å².